The molecular weight excluding hydrogens is 272 g/mol. The van der Waals surface area contributed by atoms with Crippen LogP contribution in [0.3, 0.4) is 0 Å². The van der Waals surface area contributed by atoms with Crippen molar-refractivity contribution < 1.29 is 14.1 Å². The van der Waals surface area contributed by atoms with Crippen molar-refractivity contribution in [2.45, 2.75) is 49.5 Å². The van der Waals surface area contributed by atoms with Crippen molar-refractivity contribution >= 4 is 16.8 Å². The van der Waals surface area contributed by atoms with Gasteiger partial charge in [-0.25, -0.2) is 0 Å². The lowest BCUT2D eigenvalue weighted by Gasteiger charge is -2.27. The molecule has 0 spiro atoms. The molecule has 0 heterocycles. The summed E-state index contributed by atoms with van der Waals surface area (Å²) in [7, 11) is -1.29. The lowest BCUT2D eigenvalue weighted by molar-refractivity contribution is -0.136. The van der Waals surface area contributed by atoms with Gasteiger partial charge in [0, 0.05) is 16.0 Å². The summed E-state index contributed by atoms with van der Waals surface area (Å²) in [5.41, 5.74) is 0.942. The van der Waals surface area contributed by atoms with Crippen molar-refractivity contribution in [1.82, 2.24) is 0 Å². The van der Waals surface area contributed by atoms with Crippen molar-refractivity contribution in [1.29, 1.82) is 0 Å². The van der Waals surface area contributed by atoms with E-state index in [4.69, 9.17) is 0 Å². The molecule has 110 valence electrons. The fourth-order valence-corrected chi connectivity index (χ4v) is 4.55. The van der Waals surface area contributed by atoms with E-state index in [2.05, 4.69) is 6.92 Å². The number of carbonyl (C=O) groups is 1. The fraction of sp³-hybridized carbons (Fsp3) is 0.562. The van der Waals surface area contributed by atoms with Gasteiger partial charge in [-0.2, -0.15) is 0 Å². The molecule has 0 bridgehead atoms. The van der Waals surface area contributed by atoms with Crippen LogP contribution in [0.5, 0.6) is 0 Å². The first-order chi connectivity index (χ1) is 9.58. The molecule has 1 fully saturated rings. The lowest BCUT2D eigenvalue weighted by atomic mass is 9.91. The number of carboxylic acids is 1. The summed E-state index contributed by atoms with van der Waals surface area (Å²) in [5, 5.41) is 8.66. The predicted molar refractivity (Wildman–Crippen MR) is 81.1 cm³/mol. The second-order valence-corrected chi connectivity index (χ2v) is 7.62. The maximum Gasteiger partial charge on any atom is 0.319 e. The lowest BCUT2D eigenvalue weighted by Crippen LogP contribution is -2.36. The minimum Gasteiger partial charge on any atom is -0.480 e. The second-order valence-electron chi connectivity index (χ2n) is 5.73. The van der Waals surface area contributed by atoms with Crippen LogP contribution in [0.25, 0.3) is 0 Å². The number of rotatable bonds is 5. The fourth-order valence-electron chi connectivity index (χ4n) is 2.79. The van der Waals surface area contributed by atoms with Crippen molar-refractivity contribution in [3.05, 3.63) is 35.9 Å². The smallest absolute Gasteiger partial charge is 0.319 e. The highest BCUT2D eigenvalue weighted by molar-refractivity contribution is 7.87. The summed E-state index contributed by atoms with van der Waals surface area (Å²) in [6.45, 7) is 2.21. The van der Waals surface area contributed by atoms with E-state index >= 15 is 0 Å². The summed E-state index contributed by atoms with van der Waals surface area (Å²) in [5.74, 6) is -0.258. The van der Waals surface area contributed by atoms with E-state index in [-0.39, 0.29) is 5.25 Å². The molecule has 0 saturated heterocycles. The summed E-state index contributed by atoms with van der Waals surface area (Å²) < 4.78 is 12.6. The van der Waals surface area contributed by atoms with Crippen LogP contribution < -0.4 is 0 Å². The zero-order valence-electron chi connectivity index (χ0n) is 11.8. The third kappa shape index (κ3) is 3.92. The molecule has 3 nitrogen and oxygen atoms in total. The van der Waals surface area contributed by atoms with Gasteiger partial charge in [0.15, 0.2) is 0 Å². The van der Waals surface area contributed by atoms with Gasteiger partial charge in [0.25, 0.3) is 0 Å². The van der Waals surface area contributed by atoms with E-state index in [9.17, 15) is 14.1 Å². The average Bonchev–Trinajstić information content (AvgIpc) is 2.45. The van der Waals surface area contributed by atoms with Crippen LogP contribution in [-0.4, -0.2) is 25.8 Å². The van der Waals surface area contributed by atoms with E-state index < -0.39 is 22.0 Å². The number of aliphatic carboxylic acids is 1. The molecule has 2 atom stereocenters. The first-order valence-electron chi connectivity index (χ1n) is 7.24. The molecule has 0 radical (unpaired) electrons. The Labute approximate surface area is 122 Å². The maximum atomic E-state index is 12.6. The highest BCUT2D eigenvalue weighted by Gasteiger charge is 2.32. The van der Waals surface area contributed by atoms with E-state index in [0.29, 0.717) is 12.3 Å². The molecule has 1 aliphatic carbocycles. The Bertz CT molecular complexity index is 464. The summed E-state index contributed by atoms with van der Waals surface area (Å²) in [4.78, 5) is 11.5. The maximum absolute atomic E-state index is 12.6. The van der Waals surface area contributed by atoms with Crippen molar-refractivity contribution in [3.63, 3.8) is 0 Å². The first-order valence-corrected chi connectivity index (χ1v) is 8.51. The van der Waals surface area contributed by atoms with Crippen LogP contribution in [0.2, 0.25) is 0 Å². The summed E-state index contributed by atoms with van der Waals surface area (Å²) in [6.07, 6.45) is 4.27. The molecule has 0 aromatic heterocycles. The van der Waals surface area contributed by atoms with Gasteiger partial charge >= 0.3 is 5.97 Å². The molecule has 1 aromatic rings. The van der Waals surface area contributed by atoms with Gasteiger partial charge in [0.2, 0.25) is 0 Å². The van der Waals surface area contributed by atoms with Crippen molar-refractivity contribution in [2.24, 2.45) is 5.92 Å². The van der Waals surface area contributed by atoms with Crippen LogP contribution >= 0.6 is 0 Å². The minimum atomic E-state index is -1.29. The van der Waals surface area contributed by atoms with Crippen LogP contribution in [0.15, 0.2) is 30.3 Å². The SMILES string of the molecule is CC1CCC(S(=O)C(Cc2ccccc2)C(=O)O)CC1. The molecule has 4 heteroatoms. The van der Waals surface area contributed by atoms with Crippen molar-refractivity contribution in [2.75, 3.05) is 0 Å². The quantitative estimate of drug-likeness (QED) is 0.908. The molecule has 2 unspecified atom stereocenters. The Morgan fingerprint density at radius 3 is 2.40 bits per heavy atom. The van der Waals surface area contributed by atoms with Crippen LogP contribution in [0.1, 0.15) is 38.2 Å². The summed E-state index contributed by atoms with van der Waals surface area (Å²) >= 11 is 0. The summed E-state index contributed by atoms with van der Waals surface area (Å²) in [6, 6.07) is 9.48. The third-order valence-electron chi connectivity index (χ3n) is 4.11. The molecule has 1 aromatic carbocycles. The minimum absolute atomic E-state index is 0.0519. The Hall–Kier alpha value is -1.16. The standard InChI is InChI=1S/C16H22O3S/c1-12-7-9-14(10-8-12)20(19)15(16(17)18)11-13-5-3-2-4-6-13/h2-6,12,14-15H,7-11H2,1H3,(H,17,18). The zero-order chi connectivity index (χ0) is 14.5. The van der Waals surface area contributed by atoms with E-state index in [1.807, 2.05) is 30.3 Å². The predicted octanol–water partition coefficient (Wildman–Crippen LogP) is 3.01. The van der Waals surface area contributed by atoms with E-state index in [0.717, 1.165) is 31.2 Å². The number of hydrogen-bond acceptors (Lipinski definition) is 2. The van der Waals surface area contributed by atoms with E-state index in [1.165, 1.54) is 0 Å². The zero-order valence-corrected chi connectivity index (χ0v) is 12.6. The monoisotopic (exact) mass is 294 g/mol. The molecule has 1 saturated carbocycles. The molecule has 2 rings (SSSR count). The molecule has 0 amide bonds. The molecule has 1 N–H and O–H groups in total. The van der Waals surface area contributed by atoms with Gasteiger partial charge in [-0.05, 0) is 43.6 Å². The number of carboxylic acid groups (broad SMARTS) is 1. The van der Waals surface area contributed by atoms with Gasteiger partial charge in [-0.15, -0.1) is 0 Å². The topological polar surface area (TPSA) is 54.4 Å². The van der Waals surface area contributed by atoms with Crippen molar-refractivity contribution in [3.8, 4) is 0 Å². The Morgan fingerprint density at radius 1 is 1.25 bits per heavy atom. The van der Waals surface area contributed by atoms with Crippen LogP contribution in [0, 0.1) is 5.92 Å². The number of hydrogen-bond donors (Lipinski definition) is 1. The highest BCUT2D eigenvalue weighted by Crippen LogP contribution is 2.28. The average molecular weight is 294 g/mol. The largest absolute Gasteiger partial charge is 0.480 e. The second kappa shape index (κ2) is 7.02. The van der Waals surface area contributed by atoms with E-state index in [1.54, 1.807) is 0 Å². The molecule has 1 aliphatic rings. The Kier molecular flexibility index (Phi) is 5.35. The molecule has 0 aliphatic heterocycles. The highest BCUT2D eigenvalue weighted by atomic mass is 32.2. The van der Waals surface area contributed by atoms with Gasteiger partial charge in [0.05, 0.1) is 0 Å². The van der Waals surface area contributed by atoms with Crippen LogP contribution in [-0.2, 0) is 22.0 Å². The Morgan fingerprint density at radius 2 is 1.85 bits per heavy atom. The first kappa shape index (κ1) is 15.2. The Balaban J connectivity index is 2.05. The van der Waals surface area contributed by atoms with Crippen LogP contribution in [0.4, 0.5) is 0 Å². The normalized spacial score (nSPS) is 25.9. The van der Waals surface area contributed by atoms with Gasteiger partial charge in [-0.1, -0.05) is 37.3 Å². The molecular formula is C16H22O3S. The van der Waals surface area contributed by atoms with Gasteiger partial charge < -0.3 is 5.11 Å². The molecule has 20 heavy (non-hydrogen) atoms. The number of benzene rings is 1. The van der Waals surface area contributed by atoms with Gasteiger partial charge in [-0.3, -0.25) is 9.00 Å². The third-order valence-corrected chi connectivity index (χ3v) is 6.17. The van der Waals surface area contributed by atoms with Gasteiger partial charge in [0.1, 0.15) is 5.25 Å².